The Morgan fingerprint density at radius 3 is 2.48 bits per heavy atom. The van der Waals surface area contributed by atoms with E-state index in [9.17, 15) is 0 Å². The Bertz CT molecular complexity index is 1360. The van der Waals surface area contributed by atoms with Gasteiger partial charge in [0.2, 0.25) is 0 Å². The Morgan fingerprint density at radius 1 is 0.879 bits per heavy atom. The van der Waals surface area contributed by atoms with E-state index >= 15 is 0 Å². The van der Waals surface area contributed by atoms with Crippen molar-refractivity contribution in [3.05, 3.63) is 63.3 Å². The number of benzene rings is 1. The molecule has 1 aromatic carbocycles. The van der Waals surface area contributed by atoms with Crippen LogP contribution >= 0.6 is 60.8 Å². The Kier molecular flexibility index (Phi) is 7.42. The molecule has 2 unspecified atom stereocenters. The zero-order valence-corrected chi connectivity index (χ0v) is 23.6. The number of aromatic nitrogens is 2. The topological polar surface area (TPSA) is 25.8 Å². The van der Waals surface area contributed by atoms with Crippen LogP contribution in [0.15, 0.2) is 58.4 Å². The van der Waals surface area contributed by atoms with Crippen LogP contribution in [0.2, 0.25) is 0 Å². The highest BCUT2D eigenvalue weighted by Gasteiger charge is 2.22. The number of hydrogen-bond donors (Lipinski definition) is 0. The van der Waals surface area contributed by atoms with Crippen molar-refractivity contribution < 1.29 is 0 Å². The number of thiophene rings is 3. The molecular weight excluding hydrogens is 548 g/mol. The van der Waals surface area contributed by atoms with Crippen LogP contribution in [0.25, 0.3) is 35.4 Å². The van der Waals surface area contributed by atoms with Gasteiger partial charge in [0.05, 0.1) is 3.79 Å². The fourth-order valence-corrected chi connectivity index (χ4v) is 9.63. The van der Waals surface area contributed by atoms with Crippen LogP contribution in [0.1, 0.15) is 44.4 Å². The number of nitrogens with zero attached hydrogens (tertiary/aromatic N) is 2. The van der Waals surface area contributed by atoms with E-state index in [2.05, 4.69) is 84.4 Å². The summed E-state index contributed by atoms with van der Waals surface area (Å²) in [7, 11) is -0.441. The highest BCUT2D eigenvalue weighted by Crippen LogP contribution is 2.42. The second kappa shape index (κ2) is 10.5. The van der Waals surface area contributed by atoms with Gasteiger partial charge in [0.1, 0.15) is 0 Å². The van der Waals surface area contributed by atoms with Gasteiger partial charge >= 0.3 is 0 Å². The van der Waals surface area contributed by atoms with E-state index in [0.29, 0.717) is 0 Å². The minimum absolute atomic E-state index is 0.441. The van der Waals surface area contributed by atoms with Gasteiger partial charge in [-0.05, 0) is 73.4 Å². The molecule has 0 spiro atoms. The fraction of sp³-hybridized carbons (Fsp3) is 0.308. The van der Waals surface area contributed by atoms with Crippen molar-refractivity contribution >= 4 is 71.8 Å². The van der Waals surface area contributed by atoms with Crippen LogP contribution in [-0.2, 0) is 6.42 Å². The van der Waals surface area contributed by atoms with Gasteiger partial charge in [0, 0.05) is 31.1 Å². The minimum atomic E-state index is -0.441. The van der Waals surface area contributed by atoms with Crippen LogP contribution in [0.3, 0.4) is 0 Å². The van der Waals surface area contributed by atoms with Crippen LogP contribution in [0.4, 0.5) is 0 Å². The zero-order chi connectivity index (χ0) is 22.8. The molecule has 4 heterocycles. The quantitative estimate of drug-likeness (QED) is 0.164. The van der Waals surface area contributed by atoms with Gasteiger partial charge in [-0.15, -0.1) is 22.7 Å². The van der Waals surface area contributed by atoms with E-state index in [1.807, 2.05) is 22.7 Å². The van der Waals surface area contributed by atoms with E-state index < -0.39 is 10.9 Å². The maximum atomic E-state index is 5.02. The first kappa shape index (κ1) is 23.4. The summed E-state index contributed by atoms with van der Waals surface area (Å²) >= 11 is 9.11. The van der Waals surface area contributed by atoms with Gasteiger partial charge in [-0.2, -0.15) is 0 Å². The van der Waals surface area contributed by atoms with Gasteiger partial charge < -0.3 is 0 Å². The molecule has 0 saturated heterocycles. The van der Waals surface area contributed by atoms with Crippen LogP contribution in [0, 0.1) is 5.92 Å². The molecular formula is C26H26BrN2S4+. The summed E-state index contributed by atoms with van der Waals surface area (Å²) in [5, 5.41) is 0. The van der Waals surface area contributed by atoms with Crippen LogP contribution in [0.5, 0.6) is 0 Å². The average molecular weight is 575 g/mol. The molecule has 0 aliphatic heterocycles. The minimum Gasteiger partial charge on any atom is -0.139 e. The average Bonchev–Trinajstić information content (AvgIpc) is 3.61. The van der Waals surface area contributed by atoms with Crippen molar-refractivity contribution in [2.45, 2.75) is 46.0 Å². The first-order valence-electron chi connectivity index (χ1n) is 11.4. The lowest BCUT2D eigenvalue weighted by Crippen LogP contribution is -2.01. The van der Waals surface area contributed by atoms with Gasteiger partial charge in [0.25, 0.3) is 15.1 Å². The fourth-order valence-electron chi connectivity index (χ4n) is 4.05. The van der Waals surface area contributed by atoms with E-state index in [1.54, 1.807) is 11.3 Å². The predicted molar refractivity (Wildman–Crippen MR) is 153 cm³/mol. The number of halogens is 1. The maximum absolute atomic E-state index is 5.02. The maximum Gasteiger partial charge on any atom is 0.285 e. The lowest BCUT2D eigenvalue weighted by molar-refractivity contribution is 0.452. The molecule has 2 nitrogen and oxygen atoms in total. The molecule has 0 amide bonds. The van der Waals surface area contributed by atoms with Crippen LogP contribution in [-0.4, -0.2) is 8.75 Å². The lowest BCUT2D eigenvalue weighted by Gasteiger charge is -2.12. The first-order valence-corrected chi connectivity index (χ1v) is 15.8. The highest BCUT2D eigenvalue weighted by atomic mass is 79.9. The van der Waals surface area contributed by atoms with Gasteiger partial charge in [-0.25, -0.2) is 0 Å². The zero-order valence-electron chi connectivity index (χ0n) is 18.7. The third kappa shape index (κ3) is 5.17. The summed E-state index contributed by atoms with van der Waals surface area (Å²) in [5.74, 6) is 0.811. The predicted octanol–water partition coefficient (Wildman–Crippen LogP) is 10.4. The summed E-state index contributed by atoms with van der Waals surface area (Å²) in [4.78, 5) is 5.51. The first-order chi connectivity index (χ1) is 16.1. The number of hydrogen-bond acceptors (Lipinski definition) is 5. The van der Waals surface area contributed by atoms with Crippen LogP contribution < -0.4 is 0 Å². The molecule has 5 rings (SSSR count). The normalized spacial score (nSPS) is 13.1. The van der Waals surface area contributed by atoms with Gasteiger partial charge in [0.15, 0.2) is 11.0 Å². The van der Waals surface area contributed by atoms with E-state index in [0.717, 1.165) is 20.7 Å². The molecule has 5 aromatic rings. The summed E-state index contributed by atoms with van der Waals surface area (Å²) < 4.78 is 12.3. The molecule has 33 heavy (non-hydrogen) atoms. The molecule has 0 aliphatic carbocycles. The number of fused-ring (bicyclic) bond motifs is 1. The second-order valence-corrected chi connectivity index (χ2v) is 14.5. The third-order valence-corrected chi connectivity index (χ3v) is 11.7. The molecule has 4 aromatic heterocycles. The summed E-state index contributed by atoms with van der Waals surface area (Å²) in [5.41, 5.74) is 3.24. The molecule has 170 valence electrons. The van der Waals surface area contributed by atoms with Crippen molar-refractivity contribution in [1.82, 2.24) is 8.75 Å². The monoisotopic (exact) mass is 573 g/mol. The Morgan fingerprint density at radius 2 is 1.70 bits per heavy atom. The lowest BCUT2D eigenvalue weighted by atomic mass is 9.95. The molecule has 0 aliphatic rings. The molecule has 0 saturated carbocycles. The van der Waals surface area contributed by atoms with Crippen molar-refractivity contribution in [1.29, 1.82) is 0 Å². The smallest absolute Gasteiger partial charge is 0.139 e. The van der Waals surface area contributed by atoms with Gasteiger partial charge in [-0.1, -0.05) is 63.0 Å². The second-order valence-electron chi connectivity index (χ2n) is 8.23. The highest BCUT2D eigenvalue weighted by molar-refractivity contribution is 9.11. The number of rotatable bonds is 9. The number of unbranched alkanes of at least 4 members (excludes halogenated alkanes) is 1. The Hall–Kier alpha value is -1.38. The Labute approximate surface area is 218 Å². The molecule has 0 N–H and O–H groups in total. The standard InChI is InChI=1S/C26H26BrN2S4/c1-3-5-7-17(4-2)16-18-10-11-22(30-18)23-13-12-21(31-23)19-8-6-9-20-26(19)29-33(28-20)25-15-14-24(27)32-25/h6,8-15,17H,3-5,7,16H2,1-2H3/q+1. The largest absolute Gasteiger partial charge is 0.285 e. The molecule has 0 bridgehead atoms. The van der Waals surface area contributed by atoms with E-state index in [1.165, 1.54) is 61.4 Å². The third-order valence-electron chi connectivity index (χ3n) is 5.91. The Balaban J connectivity index is 1.40. The SMILES string of the molecule is CCCCC(CC)Cc1ccc(-c2ccc(-c3cccc4n[s+](-c5ccc(Br)s5)nc34)s2)s1. The van der Waals surface area contributed by atoms with Gasteiger partial charge in [-0.3, -0.25) is 0 Å². The molecule has 7 heteroatoms. The molecule has 0 fully saturated rings. The van der Waals surface area contributed by atoms with E-state index in [4.69, 9.17) is 8.75 Å². The molecule has 2 atom stereocenters. The van der Waals surface area contributed by atoms with E-state index in [-0.39, 0.29) is 0 Å². The van der Waals surface area contributed by atoms with Crippen molar-refractivity contribution in [2.24, 2.45) is 5.92 Å². The molecule has 0 radical (unpaired) electrons. The van der Waals surface area contributed by atoms with Crippen molar-refractivity contribution in [3.63, 3.8) is 0 Å². The summed E-state index contributed by atoms with van der Waals surface area (Å²) in [6, 6.07) is 19.7. The summed E-state index contributed by atoms with van der Waals surface area (Å²) in [6.45, 7) is 4.62. The van der Waals surface area contributed by atoms with Crippen molar-refractivity contribution in [2.75, 3.05) is 0 Å². The summed E-state index contributed by atoms with van der Waals surface area (Å²) in [6.07, 6.45) is 6.47. The van der Waals surface area contributed by atoms with Crippen molar-refractivity contribution in [3.8, 4) is 24.4 Å².